The second-order valence-electron chi connectivity index (χ2n) is 6.03. The number of aromatic nitrogens is 1. The first-order valence-corrected chi connectivity index (χ1v) is 9.99. The van der Waals surface area contributed by atoms with Crippen LogP contribution in [-0.4, -0.2) is 5.75 Å². The first-order valence-electron chi connectivity index (χ1n) is 8.84. The summed E-state index contributed by atoms with van der Waals surface area (Å²) in [5.41, 5.74) is 2.90. The Bertz CT molecular complexity index is 376. The van der Waals surface area contributed by atoms with Crippen LogP contribution in [0.15, 0.2) is 18.5 Å². The van der Waals surface area contributed by atoms with Crippen molar-refractivity contribution in [2.24, 2.45) is 0 Å². The summed E-state index contributed by atoms with van der Waals surface area (Å²) in [4.78, 5) is 0. The lowest BCUT2D eigenvalue weighted by Gasteiger charge is -2.03. The third-order valence-corrected chi connectivity index (χ3v) is 5.15. The van der Waals surface area contributed by atoms with Crippen LogP contribution in [0.3, 0.4) is 0 Å². The first-order chi connectivity index (χ1) is 10.3. The molecule has 0 bridgehead atoms. The number of pyridine rings is 1. The molecule has 0 radical (unpaired) electrons. The van der Waals surface area contributed by atoms with Crippen molar-refractivity contribution in [2.45, 2.75) is 84.4 Å². The smallest absolute Gasteiger partial charge is 0.194 e. The third-order valence-electron chi connectivity index (χ3n) is 4.10. The maximum Gasteiger partial charge on any atom is 0.194 e. The molecule has 1 nitrogen and oxygen atoms in total. The van der Waals surface area contributed by atoms with E-state index in [-0.39, 0.29) is 0 Å². The van der Waals surface area contributed by atoms with Gasteiger partial charge in [0.2, 0.25) is 0 Å². The predicted molar refractivity (Wildman–Crippen MR) is 95.8 cm³/mol. The van der Waals surface area contributed by atoms with E-state index in [0.717, 1.165) is 12.3 Å². The molecule has 21 heavy (non-hydrogen) atoms. The van der Waals surface area contributed by atoms with Crippen LogP contribution >= 0.6 is 11.8 Å². The summed E-state index contributed by atoms with van der Waals surface area (Å²) in [6, 6.07) is 2.27. The maximum atomic E-state index is 2.32. The van der Waals surface area contributed by atoms with E-state index in [0.29, 0.717) is 0 Å². The minimum absolute atomic E-state index is 1.10. The molecule has 0 atom stereocenters. The van der Waals surface area contributed by atoms with Crippen molar-refractivity contribution in [3.63, 3.8) is 0 Å². The van der Waals surface area contributed by atoms with Crippen molar-refractivity contribution >= 4 is 11.8 Å². The topological polar surface area (TPSA) is 3.88 Å². The minimum atomic E-state index is 1.10. The zero-order chi connectivity index (χ0) is 15.3. The molecule has 0 fully saturated rings. The molecular formula is C19H34NS+. The maximum absolute atomic E-state index is 2.32. The average Bonchev–Trinajstić information content (AvgIpc) is 2.49. The Morgan fingerprint density at radius 1 is 0.952 bits per heavy atom. The van der Waals surface area contributed by atoms with E-state index in [1.165, 1.54) is 68.2 Å². The molecule has 0 aromatic carbocycles. The van der Waals surface area contributed by atoms with Gasteiger partial charge in [-0.3, -0.25) is 0 Å². The number of thioether (sulfide) groups is 1. The Kier molecular flexibility index (Phi) is 10.7. The highest BCUT2D eigenvalue weighted by Gasteiger charge is 2.04. The minimum Gasteiger partial charge on any atom is -0.195 e. The van der Waals surface area contributed by atoms with Gasteiger partial charge in [-0.2, -0.15) is 4.57 Å². The van der Waals surface area contributed by atoms with Gasteiger partial charge in [-0.25, -0.2) is 0 Å². The van der Waals surface area contributed by atoms with E-state index in [9.17, 15) is 0 Å². The fraction of sp³-hybridized carbons (Fsp3) is 0.737. The molecule has 0 spiro atoms. The van der Waals surface area contributed by atoms with E-state index in [1.54, 1.807) is 0 Å². The van der Waals surface area contributed by atoms with Gasteiger partial charge in [0.15, 0.2) is 18.3 Å². The number of hydrogen-bond acceptors (Lipinski definition) is 1. The van der Waals surface area contributed by atoms with Crippen LogP contribution in [0.4, 0.5) is 0 Å². The van der Waals surface area contributed by atoms with Gasteiger partial charge in [-0.1, -0.05) is 70.6 Å². The number of aryl methyl sites for hydroxylation is 2. The Morgan fingerprint density at radius 3 is 2.24 bits per heavy atom. The fourth-order valence-electron chi connectivity index (χ4n) is 2.68. The molecule has 120 valence electrons. The summed E-state index contributed by atoms with van der Waals surface area (Å²) in [6.07, 6.45) is 17.0. The van der Waals surface area contributed by atoms with Gasteiger partial charge in [-0.05, 0) is 31.1 Å². The Hall–Kier alpha value is -0.500. The summed E-state index contributed by atoms with van der Waals surface area (Å²) < 4.78 is 2.32. The van der Waals surface area contributed by atoms with E-state index in [4.69, 9.17) is 0 Å². The van der Waals surface area contributed by atoms with Gasteiger partial charge in [0, 0.05) is 11.6 Å². The van der Waals surface area contributed by atoms with Gasteiger partial charge in [0.1, 0.15) is 0 Å². The van der Waals surface area contributed by atoms with Gasteiger partial charge < -0.3 is 0 Å². The molecule has 0 aliphatic rings. The zero-order valence-electron chi connectivity index (χ0n) is 14.4. The Morgan fingerprint density at radius 2 is 1.62 bits per heavy atom. The number of unbranched alkanes of at least 4 members (excludes halogenated alkanes) is 7. The molecule has 1 aromatic rings. The highest BCUT2D eigenvalue weighted by Crippen LogP contribution is 2.11. The van der Waals surface area contributed by atoms with Crippen molar-refractivity contribution in [3.05, 3.63) is 29.6 Å². The number of nitrogens with zero attached hydrogens (tertiary/aromatic N) is 1. The van der Waals surface area contributed by atoms with E-state index in [2.05, 4.69) is 55.6 Å². The number of rotatable bonds is 12. The van der Waals surface area contributed by atoms with Gasteiger partial charge >= 0.3 is 0 Å². The van der Waals surface area contributed by atoms with Crippen molar-refractivity contribution in [2.75, 3.05) is 5.75 Å². The third kappa shape index (κ3) is 8.50. The van der Waals surface area contributed by atoms with Crippen molar-refractivity contribution in [3.8, 4) is 0 Å². The number of hydrogen-bond donors (Lipinski definition) is 0. The molecule has 2 heteroatoms. The quantitative estimate of drug-likeness (QED) is 0.355. The molecule has 0 amide bonds. The SMILES string of the molecule is CCCCCCCCCCSC[n+]1ccc(CC)c(C)c1. The van der Waals surface area contributed by atoms with Crippen LogP contribution in [0.2, 0.25) is 0 Å². The van der Waals surface area contributed by atoms with Crippen LogP contribution < -0.4 is 4.57 Å². The molecule has 0 saturated carbocycles. The summed E-state index contributed by atoms with van der Waals surface area (Å²) in [6.45, 7) is 6.73. The average molecular weight is 309 g/mol. The van der Waals surface area contributed by atoms with Crippen LogP contribution in [0.1, 0.15) is 76.3 Å². The van der Waals surface area contributed by atoms with E-state index < -0.39 is 0 Å². The highest BCUT2D eigenvalue weighted by molar-refractivity contribution is 7.98. The molecule has 1 heterocycles. The van der Waals surface area contributed by atoms with Crippen LogP contribution in [0.25, 0.3) is 0 Å². The van der Waals surface area contributed by atoms with Gasteiger partial charge in [-0.15, -0.1) is 0 Å². The monoisotopic (exact) mass is 308 g/mol. The summed E-state index contributed by atoms with van der Waals surface area (Å²) in [5, 5.41) is 0. The van der Waals surface area contributed by atoms with E-state index in [1.807, 2.05) is 0 Å². The summed E-state index contributed by atoms with van der Waals surface area (Å²) >= 11 is 2.06. The molecule has 0 N–H and O–H groups in total. The molecule has 0 unspecified atom stereocenters. The second-order valence-corrected chi connectivity index (χ2v) is 7.11. The lowest BCUT2D eigenvalue weighted by atomic mass is 10.1. The second kappa shape index (κ2) is 12.1. The summed E-state index contributed by atoms with van der Waals surface area (Å²) in [7, 11) is 0. The molecular weight excluding hydrogens is 274 g/mol. The van der Waals surface area contributed by atoms with Crippen LogP contribution in [0.5, 0.6) is 0 Å². The van der Waals surface area contributed by atoms with Crippen LogP contribution in [0, 0.1) is 6.92 Å². The molecule has 1 rings (SSSR count). The van der Waals surface area contributed by atoms with Crippen molar-refractivity contribution < 1.29 is 4.57 Å². The normalized spacial score (nSPS) is 11.0. The molecule has 0 saturated heterocycles. The molecule has 0 aliphatic heterocycles. The van der Waals surface area contributed by atoms with E-state index >= 15 is 0 Å². The Labute approximate surface area is 136 Å². The zero-order valence-corrected chi connectivity index (χ0v) is 15.2. The fourth-order valence-corrected chi connectivity index (χ4v) is 3.59. The first kappa shape index (κ1) is 18.5. The van der Waals surface area contributed by atoms with Crippen LogP contribution in [-0.2, 0) is 12.3 Å². The lowest BCUT2D eigenvalue weighted by molar-refractivity contribution is -0.676. The Balaban J connectivity index is 2.00. The highest BCUT2D eigenvalue weighted by atomic mass is 32.2. The van der Waals surface area contributed by atoms with Gasteiger partial charge in [0.25, 0.3) is 0 Å². The standard InChI is InChI=1S/C19H34NS/c1-4-6-7-8-9-10-11-12-15-21-17-20-14-13-19(5-2)18(3)16-20/h13-14,16H,4-12,15,17H2,1-3H3/q+1. The predicted octanol–water partition coefficient (Wildman–Crippen LogP) is 5.68. The summed E-state index contributed by atoms with van der Waals surface area (Å²) in [5.74, 6) is 2.40. The van der Waals surface area contributed by atoms with Gasteiger partial charge in [0.05, 0.1) is 0 Å². The van der Waals surface area contributed by atoms with Crippen molar-refractivity contribution in [1.82, 2.24) is 0 Å². The largest absolute Gasteiger partial charge is 0.195 e. The molecule has 0 aliphatic carbocycles. The molecule has 1 aromatic heterocycles. The van der Waals surface area contributed by atoms with Crippen molar-refractivity contribution in [1.29, 1.82) is 0 Å². The lowest BCUT2D eigenvalue weighted by Crippen LogP contribution is -2.32.